The molecule has 0 bridgehead atoms. The molecule has 0 unspecified atom stereocenters. The molecule has 0 spiro atoms. The molecule has 9 heteroatoms. The van der Waals surface area contributed by atoms with E-state index in [-0.39, 0.29) is 11.8 Å². The Balaban J connectivity index is 1.74. The van der Waals surface area contributed by atoms with Gasteiger partial charge in [0.1, 0.15) is 12.1 Å². The van der Waals surface area contributed by atoms with Gasteiger partial charge in [-0.05, 0) is 12.0 Å². The molecule has 0 aliphatic carbocycles. The van der Waals surface area contributed by atoms with Crippen molar-refractivity contribution in [2.45, 2.75) is 19.9 Å². The van der Waals surface area contributed by atoms with Gasteiger partial charge in [-0.2, -0.15) is 11.1 Å². The van der Waals surface area contributed by atoms with Gasteiger partial charge in [0, 0.05) is 36.0 Å². The number of carbonyl (C=O) groups is 1. The van der Waals surface area contributed by atoms with E-state index in [1.807, 2.05) is 26.0 Å². The van der Waals surface area contributed by atoms with Crippen LogP contribution >= 0.6 is 11.1 Å². The van der Waals surface area contributed by atoms with Crippen LogP contribution in [0.25, 0.3) is 10.9 Å². The van der Waals surface area contributed by atoms with Gasteiger partial charge in [0.15, 0.2) is 11.5 Å². The molecule has 28 heavy (non-hydrogen) atoms. The first-order valence-electron chi connectivity index (χ1n) is 9.37. The summed E-state index contributed by atoms with van der Waals surface area (Å²) in [5.74, 6) is 4.08. The molecule has 1 aromatic carbocycles. The molecular weight excluding hydrogens is 378 g/mol. The zero-order chi connectivity index (χ0) is 20.3. The minimum atomic E-state index is -0.555. The summed E-state index contributed by atoms with van der Waals surface area (Å²) in [6, 6.07) is 3.34. The summed E-state index contributed by atoms with van der Waals surface area (Å²) in [5.41, 5.74) is 6.77. The van der Waals surface area contributed by atoms with Crippen molar-refractivity contribution in [1.29, 1.82) is 0 Å². The number of anilines is 1. The van der Waals surface area contributed by atoms with Crippen LogP contribution in [0.2, 0.25) is 0 Å². The number of hydrogen-bond acceptors (Lipinski definition) is 7. The average Bonchev–Trinajstić information content (AvgIpc) is 2.72. The predicted molar refractivity (Wildman–Crippen MR) is 115 cm³/mol. The zero-order valence-electron chi connectivity index (χ0n) is 16.8. The second kappa shape index (κ2) is 8.83. The Hall–Kier alpha value is -2.26. The maximum absolute atomic E-state index is 12.2. The van der Waals surface area contributed by atoms with Gasteiger partial charge in [0.2, 0.25) is 5.91 Å². The molecule has 8 nitrogen and oxygen atoms in total. The van der Waals surface area contributed by atoms with Gasteiger partial charge in [0.25, 0.3) is 0 Å². The van der Waals surface area contributed by atoms with Crippen LogP contribution in [0.4, 0.5) is 5.82 Å². The second-order valence-corrected chi connectivity index (χ2v) is 9.34. The number of amides is 1. The van der Waals surface area contributed by atoms with Crippen molar-refractivity contribution in [1.82, 2.24) is 14.7 Å². The van der Waals surface area contributed by atoms with Crippen molar-refractivity contribution in [3.05, 3.63) is 18.5 Å². The largest absolute Gasteiger partial charge is 0.493 e. The van der Waals surface area contributed by atoms with Crippen LogP contribution in [0, 0.1) is 5.92 Å². The number of nitrogens with one attached hydrogen (secondary N) is 1. The first-order valence-corrected chi connectivity index (χ1v) is 11.1. The number of methoxy groups -OCH3 is 2. The molecule has 3 N–H and O–H groups in total. The monoisotopic (exact) mass is 407 g/mol. The van der Waals surface area contributed by atoms with E-state index in [9.17, 15) is 4.79 Å². The summed E-state index contributed by atoms with van der Waals surface area (Å²) >= 11 is -0.555. The molecule has 1 aromatic heterocycles. The standard InChI is InChI=1S/C19H29N5O3S/c1-12(2)17(20)19(25)23-28-7-5-24(6-8-28)18-13-9-15(26-3)16(27-4)10-14(13)21-11-22-18/h9-12,17,28H,5-8,20H2,1-4H3,(H,23,25)/t17-/m0/s1. The van der Waals surface area contributed by atoms with Gasteiger partial charge in [-0.3, -0.25) is 4.79 Å². The highest BCUT2D eigenvalue weighted by molar-refractivity contribution is 8.15. The van der Waals surface area contributed by atoms with Crippen LogP contribution in [-0.4, -0.2) is 60.7 Å². The lowest BCUT2D eigenvalue weighted by atomic mass is 10.1. The van der Waals surface area contributed by atoms with E-state index in [0.717, 1.165) is 41.3 Å². The van der Waals surface area contributed by atoms with Crippen LogP contribution in [0.1, 0.15) is 13.8 Å². The number of nitrogens with two attached hydrogens (primary N) is 1. The Labute approximate surface area is 168 Å². The third kappa shape index (κ3) is 4.25. The van der Waals surface area contributed by atoms with Gasteiger partial charge in [0.05, 0.1) is 25.8 Å². The van der Waals surface area contributed by atoms with E-state index in [1.165, 1.54) is 0 Å². The number of ether oxygens (including phenoxy) is 2. The highest BCUT2D eigenvalue weighted by atomic mass is 32.2. The fourth-order valence-electron chi connectivity index (χ4n) is 3.18. The smallest absolute Gasteiger partial charge is 0.245 e. The maximum Gasteiger partial charge on any atom is 0.245 e. The van der Waals surface area contributed by atoms with Gasteiger partial charge < -0.3 is 24.8 Å². The predicted octanol–water partition coefficient (Wildman–Crippen LogP) is 1.48. The highest BCUT2D eigenvalue weighted by Gasteiger charge is 2.24. The number of nitrogens with zero attached hydrogens (tertiary/aromatic N) is 3. The van der Waals surface area contributed by atoms with Crippen molar-refractivity contribution in [2.24, 2.45) is 11.7 Å². The highest BCUT2D eigenvalue weighted by Crippen LogP contribution is 2.36. The lowest BCUT2D eigenvalue weighted by Gasteiger charge is -2.36. The van der Waals surface area contributed by atoms with E-state index < -0.39 is 17.1 Å². The molecule has 0 radical (unpaired) electrons. The van der Waals surface area contributed by atoms with Gasteiger partial charge in [-0.15, -0.1) is 0 Å². The lowest BCUT2D eigenvalue weighted by molar-refractivity contribution is -0.121. The van der Waals surface area contributed by atoms with E-state index >= 15 is 0 Å². The van der Waals surface area contributed by atoms with Gasteiger partial charge >= 0.3 is 0 Å². The Kier molecular flexibility index (Phi) is 6.46. The Morgan fingerprint density at radius 2 is 1.82 bits per heavy atom. The number of carbonyl (C=O) groups excluding carboxylic acids is 1. The number of thiol groups is 1. The summed E-state index contributed by atoms with van der Waals surface area (Å²) in [4.78, 5) is 23.4. The van der Waals surface area contributed by atoms with E-state index in [0.29, 0.717) is 11.5 Å². The number of aromatic nitrogens is 2. The van der Waals surface area contributed by atoms with E-state index in [1.54, 1.807) is 20.5 Å². The summed E-state index contributed by atoms with van der Waals surface area (Å²) in [7, 11) is 3.23. The van der Waals surface area contributed by atoms with Crippen molar-refractivity contribution in [2.75, 3.05) is 43.7 Å². The molecule has 2 aromatic rings. The quantitative estimate of drug-likeness (QED) is 0.623. The first kappa shape index (κ1) is 20.5. The van der Waals surface area contributed by atoms with Crippen molar-refractivity contribution < 1.29 is 14.3 Å². The number of rotatable bonds is 6. The molecule has 3 rings (SSSR count). The van der Waals surface area contributed by atoms with Gasteiger partial charge in [-0.25, -0.2) is 9.97 Å². The fraction of sp³-hybridized carbons (Fsp3) is 0.526. The Morgan fingerprint density at radius 3 is 2.43 bits per heavy atom. The molecule has 1 atom stereocenters. The molecule has 1 aliphatic heterocycles. The molecule has 2 heterocycles. The van der Waals surface area contributed by atoms with E-state index in [2.05, 4.69) is 19.6 Å². The number of benzene rings is 1. The van der Waals surface area contributed by atoms with Crippen LogP contribution in [0.3, 0.4) is 0 Å². The third-order valence-corrected chi connectivity index (χ3v) is 7.00. The summed E-state index contributed by atoms with van der Waals surface area (Å²) in [5, 5.41) is 0.928. The molecule has 1 amide bonds. The van der Waals surface area contributed by atoms with Crippen molar-refractivity contribution in [3.8, 4) is 11.5 Å². The molecule has 1 saturated heterocycles. The van der Waals surface area contributed by atoms with Crippen LogP contribution in [-0.2, 0) is 4.79 Å². The Bertz CT molecular complexity index is 840. The van der Waals surface area contributed by atoms with Gasteiger partial charge in [-0.1, -0.05) is 13.8 Å². The summed E-state index contributed by atoms with van der Waals surface area (Å²) in [6.45, 7) is 5.57. The number of hydrogen-bond donors (Lipinski definition) is 3. The van der Waals surface area contributed by atoms with Crippen LogP contribution in [0.15, 0.2) is 18.5 Å². The lowest BCUT2D eigenvalue weighted by Crippen LogP contribution is -2.46. The SMILES string of the molecule is COc1cc2ncnc(N3CC[SH](NC(=O)[C@@H](N)C(C)C)CC3)c2cc1OC. The maximum atomic E-state index is 12.2. The Morgan fingerprint density at radius 1 is 1.18 bits per heavy atom. The molecule has 1 fully saturated rings. The van der Waals surface area contributed by atoms with Crippen molar-refractivity contribution in [3.63, 3.8) is 0 Å². The first-order chi connectivity index (χ1) is 13.4. The molecule has 154 valence electrons. The minimum absolute atomic E-state index is 0.0427. The molecule has 1 aliphatic rings. The van der Waals surface area contributed by atoms with E-state index in [4.69, 9.17) is 15.2 Å². The van der Waals surface area contributed by atoms with Crippen molar-refractivity contribution >= 4 is 33.7 Å². The van der Waals surface area contributed by atoms with Crippen LogP contribution in [0.5, 0.6) is 11.5 Å². The summed E-state index contributed by atoms with van der Waals surface area (Å²) < 4.78 is 14.0. The van der Waals surface area contributed by atoms with Crippen LogP contribution < -0.4 is 24.8 Å². The molecule has 0 saturated carbocycles. The third-order valence-electron chi connectivity index (χ3n) is 4.99. The second-order valence-electron chi connectivity index (χ2n) is 7.14. The minimum Gasteiger partial charge on any atom is -0.493 e. The topological polar surface area (TPSA) is 103 Å². The average molecular weight is 408 g/mol. The normalized spacial score (nSPS) is 16.9. The molecular formula is C19H29N5O3S. The zero-order valence-corrected chi connectivity index (χ0v) is 17.7. The number of fused-ring (bicyclic) bond motifs is 1. The fourth-order valence-corrected chi connectivity index (χ4v) is 5.06. The summed E-state index contributed by atoms with van der Waals surface area (Å²) in [6.07, 6.45) is 1.57.